The monoisotopic (exact) mass is 379 g/mol. The van der Waals surface area contributed by atoms with E-state index in [0.717, 1.165) is 54.5 Å². The van der Waals surface area contributed by atoms with Crippen molar-refractivity contribution in [1.82, 2.24) is 4.98 Å². The molecule has 0 saturated heterocycles. The highest BCUT2D eigenvalue weighted by Crippen LogP contribution is 2.61. The molecule has 0 aromatic carbocycles. The third kappa shape index (κ3) is 3.58. The van der Waals surface area contributed by atoms with Gasteiger partial charge in [-0.15, -0.1) is 0 Å². The van der Waals surface area contributed by atoms with Gasteiger partial charge >= 0.3 is 11.0 Å². The second-order valence-corrected chi connectivity index (χ2v) is 9.07. The molecular formula is C17H21N3O5S. The van der Waals surface area contributed by atoms with Crippen molar-refractivity contribution in [2.75, 3.05) is 11.9 Å². The number of amides is 1. The standard InChI is InChI=1S/C17H21N3O5S/c21-13(19-16-18-8-14(26-16)20(23)24)9-25-15(22)7-17-4-10-1-11(5-17)3-12(2-10)6-17/h8,10-12H,1-7,9H2,(H,18,19,21). The number of nitrogens with zero attached hydrogens (tertiary/aromatic N) is 2. The zero-order valence-electron chi connectivity index (χ0n) is 14.3. The summed E-state index contributed by atoms with van der Waals surface area (Å²) in [5, 5.41) is 13.0. The summed E-state index contributed by atoms with van der Waals surface area (Å²) in [5.41, 5.74) is 0.0816. The van der Waals surface area contributed by atoms with Crippen LogP contribution >= 0.6 is 11.3 Å². The number of carbonyl (C=O) groups is 2. The van der Waals surface area contributed by atoms with Crippen LogP contribution in [-0.4, -0.2) is 28.4 Å². The lowest BCUT2D eigenvalue weighted by Crippen LogP contribution is -2.47. The van der Waals surface area contributed by atoms with Crippen LogP contribution < -0.4 is 5.32 Å². The van der Waals surface area contributed by atoms with Gasteiger partial charge in [0.05, 0.1) is 11.3 Å². The van der Waals surface area contributed by atoms with Gasteiger partial charge in [0.2, 0.25) is 0 Å². The van der Waals surface area contributed by atoms with E-state index in [9.17, 15) is 19.7 Å². The Labute approximate surface area is 154 Å². The van der Waals surface area contributed by atoms with Gasteiger partial charge in [-0.2, -0.15) is 0 Å². The molecule has 26 heavy (non-hydrogen) atoms. The number of esters is 1. The Bertz CT molecular complexity index is 711. The predicted molar refractivity (Wildman–Crippen MR) is 93.6 cm³/mol. The maximum Gasteiger partial charge on any atom is 0.345 e. The first-order valence-corrected chi connectivity index (χ1v) is 9.78. The molecule has 0 atom stereocenters. The summed E-state index contributed by atoms with van der Waals surface area (Å²) < 4.78 is 5.16. The van der Waals surface area contributed by atoms with Crippen LogP contribution in [0.2, 0.25) is 0 Å². The highest BCUT2D eigenvalue weighted by Gasteiger charge is 2.51. The van der Waals surface area contributed by atoms with Gasteiger partial charge in [-0.05, 0) is 73.0 Å². The summed E-state index contributed by atoms with van der Waals surface area (Å²) in [6.45, 7) is -0.390. The van der Waals surface area contributed by atoms with Crippen LogP contribution in [0.4, 0.5) is 10.1 Å². The van der Waals surface area contributed by atoms with Crippen molar-refractivity contribution < 1.29 is 19.2 Å². The molecule has 0 spiro atoms. The molecule has 5 rings (SSSR count). The van der Waals surface area contributed by atoms with Crippen molar-refractivity contribution in [2.24, 2.45) is 23.2 Å². The van der Waals surface area contributed by atoms with E-state index in [4.69, 9.17) is 4.74 Å². The lowest BCUT2D eigenvalue weighted by atomic mass is 9.49. The molecule has 4 aliphatic rings. The first-order chi connectivity index (χ1) is 12.4. The zero-order chi connectivity index (χ0) is 18.3. The van der Waals surface area contributed by atoms with E-state index in [2.05, 4.69) is 10.3 Å². The first kappa shape index (κ1) is 17.4. The van der Waals surface area contributed by atoms with Gasteiger partial charge in [0, 0.05) is 0 Å². The first-order valence-electron chi connectivity index (χ1n) is 8.96. The van der Waals surface area contributed by atoms with E-state index < -0.39 is 17.4 Å². The summed E-state index contributed by atoms with van der Waals surface area (Å²) in [5.74, 6) is 1.43. The third-order valence-electron chi connectivity index (χ3n) is 5.97. The zero-order valence-corrected chi connectivity index (χ0v) is 15.1. The minimum absolute atomic E-state index is 0.0816. The number of rotatable bonds is 6. The van der Waals surface area contributed by atoms with Crippen molar-refractivity contribution in [3.05, 3.63) is 16.3 Å². The number of thiazole rings is 1. The van der Waals surface area contributed by atoms with Gasteiger partial charge in [0.15, 0.2) is 11.7 Å². The van der Waals surface area contributed by atoms with E-state index in [0.29, 0.717) is 6.42 Å². The average Bonchev–Trinajstić information content (AvgIpc) is 3.00. The molecule has 9 heteroatoms. The summed E-state index contributed by atoms with van der Waals surface area (Å²) in [6.07, 6.45) is 8.77. The molecule has 4 aliphatic carbocycles. The molecule has 4 bridgehead atoms. The summed E-state index contributed by atoms with van der Waals surface area (Å²) in [7, 11) is 0. The number of hydrogen-bond donors (Lipinski definition) is 1. The fourth-order valence-corrected chi connectivity index (χ4v) is 6.22. The highest BCUT2D eigenvalue weighted by atomic mass is 32.1. The lowest BCUT2D eigenvalue weighted by Gasteiger charge is -2.56. The number of carbonyl (C=O) groups excluding carboxylic acids is 2. The molecule has 0 aliphatic heterocycles. The van der Waals surface area contributed by atoms with Crippen LogP contribution in [0.3, 0.4) is 0 Å². The topological polar surface area (TPSA) is 111 Å². The fourth-order valence-electron chi connectivity index (χ4n) is 5.57. The Kier molecular flexibility index (Phi) is 4.42. The SMILES string of the molecule is O=C(COC(=O)CC12CC3CC(CC(C3)C1)C2)Nc1ncc([N+](=O)[O-])s1. The van der Waals surface area contributed by atoms with Crippen LogP contribution in [0, 0.1) is 33.3 Å². The molecule has 1 aromatic heterocycles. The van der Waals surface area contributed by atoms with Gasteiger partial charge in [0.1, 0.15) is 6.20 Å². The van der Waals surface area contributed by atoms with Crippen molar-refractivity contribution in [3.63, 3.8) is 0 Å². The third-order valence-corrected chi connectivity index (χ3v) is 6.83. The largest absolute Gasteiger partial charge is 0.456 e. The Morgan fingerprint density at radius 2 is 1.88 bits per heavy atom. The van der Waals surface area contributed by atoms with Gasteiger partial charge in [0.25, 0.3) is 5.91 Å². The molecule has 4 saturated carbocycles. The molecule has 1 N–H and O–H groups in total. The number of ether oxygens (including phenoxy) is 1. The highest BCUT2D eigenvalue weighted by molar-refractivity contribution is 7.18. The Morgan fingerprint density at radius 1 is 1.27 bits per heavy atom. The number of hydrogen-bond acceptors (Lipinski definition) is 7. The van der Waals surface area contributed by atoms with Crippen LogP contribution in [0.25, 0.3) is 0 Å². The van der Waals surface area contributed by atoms with E-state index in [1.165, 1.54) is 19.3 Å². The maximum absolute atomic E-state index is 12.3. The molecule has 0 unspecified atom stereocenters. The Hall–Kier alpha value is -2.03. The number of nitrogens with one attached hydrogen (secondary N) is 1. The maximum atomic E-state index is 12.3. The molecule has 1 heterocycles. The summed E-state index contributed by atoms with van der Waals surface area (Å²) >= 11 is 0.765. The van der Waals surface area contributed by atoms with Gasteiger partial charge < -0.3 is 4.74 Å². The number of anilines is 1. The molecule has 1 aromatic rings. The summed E-state index contributed by atoms with van der Waals surface area (Å²) in [6, 6.07) is 0. The normalized spacial score (nSPS) is 31.6. The van der Waals surface area contributed by atoms with Crippen LogP contribution in [-0.2, 0) is 14.3 Å². The van der Waals surface area contributed by atoms with Gasteiger partial charge in [-0.3, -0.25) is 25.0 Å². The van der Waals surface area contributed by atoms with E-state index >= 15 is 0 Å². The van der Waals surface area contributed by atoms with Crippen molar-refractivity contribution in [1.29, 1.82) is 0 Å². The predicted octanol–water partition coefficient (Wildman–Crippen LogP) is 3.14. The Balaban J connectivity index is 1.26. The van der Waals surface area contributed by atoms with Crippen LogP contribution in [0.5, 0.6) is 0 Å². The van der Waals surface area contributed by atoms with Crippen LogP contribution in [0.15, 0.2) is 6.20 Å². The van der Waals surface area contributed by atoms with E-state index in [1.807, 2.05) is 0 Å². The smallest absolute Gasteiger partial charge is 0.345 e. The van der Waals surface area contributed by atoms with Crippen LogP contribution in [0.1, 0.15) is 44.9 Å². The minimum atomic E-state index is -0.571. The summed E-state index contributed by atoms with van der Waals surface area (Å²) in [4.78, 5) is 37.9. The number of aromatic nitrogens is 1. The quantitative estimate of drug-likeness (QED) is 0.462. The molecule has 8 nitrogen and oxygen atoms in total. The number of nitro groups is 1. The molecule has 1 amide bonds. The molecule has 0 radical (unpaired) electrons. The molecular weight excluding hydrogens is 358 g/mol. The van der Waals surface area contributed by atoms with Crippen molar-refractivity contribution >= 4 is 33.3 Å². The second-order valence-electron chi connectivity index (χ2n) is 8.06. The van der Waals surface area contributed by atoms with E-state index in [1.54, 1.807) is 0 Å². The minimum Gasteiger partial charge on any atom is -0.456 e. The van der Waals surface area contributed by atoms with Crippen molar-refractivity contribution in [3.8, 4) is 0 Å². The van der Waals surface area contributed by atoms with Gasteiger partial charge in [-0.25, -0.2) is 4.98 Å². The lowest BCUT2D eigenvalue weighted by molar-refractivity contribution is -0.380. The average molecular weight is 379 g/mol. The Morgan fingerprint density at radius 3 is 2.42 bits per heavy atom. The van der Waals surface area contributed by atoms with E-state index in [-0.39, 0.29) is 21.5 Å². The van der Waals surface area contributed by atoms with Crippen molar-refractivity contribution in [2.45, 2.75) is 44.9 Å². The fraction of sp³-hybridized carbons (Fsp3) is 0.706. The molecule has 4 fully saturated rings. The molecule has 140 valence electrons. The second kappa shape index (κ2) is 6.61. The van der Waals surface area contributed by atoms with Gasteiger partial charge in [-0.1, -0.05) is 0 Å².